The Hall–Kier alpha value is -0.700. The second-order valence-electron chi connectivity index (χ2n) is 2.20. The molecule has 0 atom stereocenters. The van der Waals surface area contributed by atoms with Crippen molar-refractivity contribution in [2.24, 2.45) is 0 Å². The Morgan fingerprint density at radius 1 is 1.64 bits per heavy atom. The van der Waals surface area contributed by atoms with Gasteiger partial charge in [-0.3, -0.25) is 4.79 Å². The van der Waals surface area contributed by atoms with Gasteiger partial charge >= 0.3 is 0 Å². The number of thioether (sulfide) groups is 1. The van der Waals surface area contributed by atoms with Crippen molar-refractivity contribution in [3.05, 3.63) is 34.2 Å². The minimum atomic E-state index is -0.0146. The molecule has 11 heavy (non-hydrogen) atoms. The van der Waals surface area contributed by atoms with Gasteiger partial charge in [-0.25, -0.2) is 0 Å². The van der Waals surface area contributed by atoms with Crippen molar-refractivity contribution in [1.29, 1.82) is 0 Å². The van der Waals surface area contributed by atoms with Gasteiger partial charge < -0.3 is 4.98 Å². The smallest absolute Gasteiger partial charge is 0.248 e. The van der Waals surface area contributed by atoms with E-state index in [-0.39, 0.29) is 5.56 Å². The Morgan fingerprint density at radius 3 is 3.09 bits per heavy atom. The summed E-state index contributed by atoms with van der Waals surface area (Å²) in [6, 6.07) is 3.58. The van der Waals surface area contributed by atoms with Crippen LogP contribution in [0, 0.1) is 0 Å². The highest BCUT2D eigenvalue weighted by atomic mass is 32.2. The summed E-state index contributed by atoms with van der Waals surface area (Å²) in [6.07, 6.45) is 1.69. The molecule has 0 aliphatic carbocycles. The normalized spacial score (nSPS) is 9.91. The largest absolute Gasteiger partial charge is 0.329 e. The van der Waals surface area contributed by atoms with Gasteiger partial charge in [-0.1, -0.05) is 6.92 Å². The average molecular weight is 169 g/mol. The minimum absolute atomic E-state index is 0.0146. The number of rotatable bonds is 3. The molecule has 60 valence electrons. The third-order valence-electron chi connectivity index (χ3n) is 1.31. The van der Waals surface area contributed by atoms with Gasteiger partial charge in [0.05, 0.1) is 0 Å². The van der Waals surface area contributed by atoms with Crippen LogP contribution in [0.25, 0.3) is 0 Å². The fourth-order valence-corrected chi connectivity index (χ4v) is 1.42. The highest BCUT2D eigenvalue weighted by molar-refractivity contribution is 7.98. The molecule has 0 radical (unpaired) electrons. The minimum Gasteiger partial charge on any atom is -0.329 e. The predicted octanol–water partition coefficient (Wildman–Crippen LogP) is 1.63. The highest BCUT2D eigenvalue weighted by Crippen LogP contribution is 2.08. The summed E-state index contributed by atoms with van der Waals surface area (Å²) >= 11 is 1.82. The molecule has 0 spiro atoms. The van der Waals surface area contributed by atoms with Crippen molar-refractivity contribution >= 4 is 11.8 Å². The fourth-order valence-electron chi connectivity index (χ4n) is 0.799. The molecular formula is C8H11NOS. The molecule has 0 aromatic carbocycles. The molecule has 1 heterocycles. The van der Waals surface area contributed by atoms with E-state index in [1.807, 2.05) is 17.8 Å². The van der Waals surface area contributed by atoms with Crippen molar-refractivity contribution in [1.82, 2.24) is 4.98 Å². The molecule has 0 amide bonds. The first-order chi connectivity index (χ1) is 5.33. The number of hydrogen-bond acceptors (Lipinski definition) is 2. The Balaban J connectivity index is 2.64. The lowest BCUT2D eigenvalue weighted by molar-refractivity contribution is 1.20. The Labute approximate surface area is 70.0 Å². The van der Waals surface area contributed by atoms with E-state index in [0.29, 0.717) is 0 Å². The molecule has 0 aliphatic heterocycles. The van der Waals surface area contributed by atoms with Crippen molar-refractivity contribution < 1.29 is 0 Å². The summed E-state index contributed by atoms with van der Waals surface area (Å²) in [5, 5.41) is 0. The van der Waals surface area contributed by atoms with Crippen molar-refractivity contribution in [3.8, 4) is 0 Å². The van der Waals surface area contributed by atoms with Crippen LogP contribution in [0.1, 0.15) is 12.5 Å². The zero-order valence-corrected chi connectivity index (χ0v) is 7.28. The first-order valence-corrected chi connectivity index (χ1v) is 4.73. The Kier molecular flexibility index (Phi) is 3.23. The number of nitrogens with one attached hydrogen (secondary N) is 1. The molecule has 1 N–H and O–H groups in total. The van der Waals surface area contributed by atoms with Gasteiger partial charge in [0.25, 0.3) is 0 Å². The zero-order chi connectivity index (χ0) is 8.10. The Bertz CT molecular complexity index is 269. The first-order valence-electron chi connectivity index (χ1n) is 3.58. The van der Waals surface area contributed by atoms with Gasteiger partial charge in [0.2, 0.25) is 5.56 Å². The maximum atomic E-state index is 10.8. The maximum absolute atomic E-state index is 10.8. The third kappa shape index (κ3) is 2.80. The van der Waals surface area contributed by atoms with Crippen molar-refractivity contribution in [2.75, 3.05) is 5.75 Å². The van der Waals surface area contributed by atoms with Crippen LogP contribution in [0.15, 0.2) is 23.1 Å². The second kappa shape index (κ2) is 4.23. The summed E-state index contributed by atoms with van der Waals surface area (Å²) in [6.45, 7) is 2.11. The molecule has 1 aromatic rings. The second-order valence-corrected chi connectivity index (χ2v) is 3.47. The summed E-state index contributed by atoms with van der Waals surface area (Å²) in [5.74, 6) is 2.02. The molecule has 0 unspecified atom stereocenters. The van der Waals surface area contributed by atoms with Crippen LogP contribution in [-0.4, -0.2) is 10.7 Å². The van der Waals surface area contributed by atoms with E-state index in [1.54, 1.807) is 12.3 Å². The standard InChI is InChI=1S/C8H11NOS/c1-2-11-6-7-3-4-9-8(10)5-7/h3-5H,2,6H2,1H3,(H,9,10). The van der Waals surface area contributed by atoms with Crippen LogP contribution >= 0.6 is 11.8 Å². The molecule has 3 heteroatoms. The van der Waals surface area contributed by atoms with Gasteiger partial charge in [-0.2, -0.15) is 11.8 Å². The highest BCUT2D eigenvalue weighted by Gasteiger charge is 1.91. The zero-order valence-electron chi connectivity index (χ0n) is 6.46. The number of H-pyrrole nitrogens is 1. The van der Waals surface area contributed by atoms with Gasteiger partial charge in [-0.05, 0) is 17.4 Å². The summed E-state index contributed by atoms with van der Waals surface area (Å²) in [5.41, 5.74) is 1.08. The van der Waals surface area contributed by atoms with Crippen molar-refractivity contribution in [3.63, 3.8) is 0 Å². The van der Waals surface area contributed by atoms with Gasteiger partial charge in [0.1, 0.15) is 0 Å². The van der Waals surface area contributed by atoms with Gasteiger partial charge in [0.15, 0.2) is 0 Å². The lowest BCUT2D eigenvalue weighted by Gasteiger charge is -1.96. The van der Waals surface area contributed by atoms with E-state index in [9.17, 15) is 4.79 Å². The quantitative estimate of drug-likeness (QED) is 0.746. The summed E-state index contributed by atoms with van der Waals surface area (Å²) in [4.78, 5) is 13.4. The number of hydrogen-bond donors (Lipinski definition) is 1. The summed E-state index contributed by atoms with van der Waals surface area (Å²) in [7, 11) is 0. The molecular weight excluding hydrogens is 158 g/mol. The SMILES string of the molecule is CCSCc1cc[nH]c(=O)c1. The van der Waals surface area contributed by atoms with Crippen LogP contribution in [0.5, 0.6) is 0 Å². The predicted molar refractivity (Wildman–Crippen MR) is 48.9 cm³/mol. The van der Waals surface area contributed by atoms with Crippen LogP contribution < -0.4 is 5.56 Å². The molecule has 1 aromatic heterocycles. The van der Waals surface area contributed by atoms with E-state index < -0.39 is 0 Å². The van der Waals surface area contributed by atoms with Gasteiger partial charge in [0, 0.05) is 18.0 Å². The van der Waals surface area contributed by atoms with Crippen LogP contribution in [0.2, 0.25) is 0 Å². The molecule has 0 fully saturated rings. The first kappa shape index (κ1) is 8.40. The van der Waals surface area contributed by atoms with Crippen LogP contribution in [0.3, 0.4) is 0 Å². The fraction of sp³-hybridized carbons (Fsp3) is 0.375. The number of aromatic nitrogens is 1. The average Bonchev–Trinajstić information content (AvgIpc) is 2.01. The van der Waals surface area contributed by atoms with E-state index in [4.69, 9.17) is 0 Å². The van der Waals surface area contributed by atoms with E-state index in [2.05, 4.69) is 11.9 Å². The Morgan fingerprint density at radius 2 is 2.45 bits per heavy atom. The lowest BCUT2D eigenvalue weighted by atomic mass is 10.3. The van der Waals surface area contributed by atoms with Crippen LogP contribution in [0.4, 0.5) is 0 Å². The number of pyridine rings is 1. The number of aromatic amines is 1. The lowest BCUT2D eigenvalue weighted by Crippen LogP contribution is -2.03. The maximum Gasteiger partial charge on any atom is 0.248 e. The molecule has 0 aliphatic rings. The van der Waals surface area contributed by atoms with E-state index in [0.717, 1.165) is 17.1 Å². The molecule has 2 nitrogen and oxygen atoms in total. The topological polar surface area (TPSA) is 32.9 Å². The van der Waals surface area contributed by atoms with E-state index in [1.165, 1.54) is 0 Å². The molecule has 0 saturated carbocycles. The molecule has 1 rings (SSSR count). The molecule has 0 saturated heterocycles. The van der Waals surface area contributed by atoms with Gasteiger partial charge in [-0.15, -0.1) is 0 Å². The van der Waals surface area contributed by atoms with E-state index >= 15 is 0 Å². The van der Waals surface area contributed by atoms with Crippen molar-refractivity contribution in [2.45, 2.75) is 12.7 Å². The summed E-state index contributed by atoms with van der Waals surface area (Å²) < 4.78 is 0. The monoisotopic (exact) mass is 169 g/mol. The third-order valence-corrected chi connectivity index (χ3v) is 2.26. The molecule has 0 bridgehead atoms. The van der Waals surface area contributed by atoms with Crippen LogP contribution in [-0.2, 0) is 5.75 Å².